The summed E-state index contributed by atoms with van der Waals surface area (Å²) in [7, 11) is 1.23. The summed E-state index contributed by atoms with van der Waals surface area (Å²) in [5.41, 5.74) is 8.27. The van der Waals surface area contributed by atoms with E-state index >= 15 is 0 Å². The number of benzene rings is 1. The Balaban J connectivity index is 2.02. The van der Waals surface area contributed by atoms with Crippen molar-refractivity contribution >= 4 is 34.1 Å². The van der Waals surface area contributed by atoms with E-state index in [1.807, 2.05) is 30.3 Å². The number of aromatic nitrogens is 2. The van der Waals surface area contributed by atoms with E-state index in [1.54, 1.807) is 25.5 Å². The van der Waals surface area contributed by atoms with Crippen molar-refractivity contribution in [1.82, 2.24) is 9.78 Å². The van der Waals surface area contributed by atoms with Gasteiger partial charge in [0.1, 0.15) is 5.00 Å². The molecule has 150 valence electrons. The molecule has 0 fully saturated rings. The third-order valence-corrected chi connectivity index (χ3v) is 5.73. The van der Waals surface area contributed by atoms with Gasteiger partial charge in [0, 0.05) is 0 Å². The second-order valence-corrected chi connectivity index (χ2v) is 7.38. The Bertz CT molecular complexity index is 1120. The first-order valence-corrected chi connectivity index (χ1v) is 9.52. The Kier molecular flexibility index (Phi) is 5.51. The van der Waals surface area contributed by atoms with Crippen LogP contribution in [0, 0.1) is 20.8 Å². The van der Waals surface area contributed by atoms with Gasteiger partial charge >= 0.3 is 5.97 Å². The molecule has 0 spiro atoms. The molecule has 0 aliphatic carbocycles. The Morgan fingerprint density at radius 2 is 1.76 bits per heavy atom. The number of hydrogen-bond donors (Lipinski definition) is 2. The number of esters is 1. The van der Waals surface area contributed by atoms with Crippen LogP contribution in [0.1, 0.15) is 47.3 Å². The fourth-order valence-electron chi connectivity index (χ4n) is 3.14. The van der Waals surface area contributed by atoms with Gasteiger partial charge in [-0.15, -0.1) is 11.3 Å². The molecule has 8 nitrogen and oxygen atoms in total. The summed E-state index contributed by atoms with van der Waals surface area (Å²) >= 11 is 0.941. The minimum Gasteiger partial charge on any atom is -0.465 e. The van der Waals surface area contributed by atoms with Crippen LogP contribution in [0.5, 0.6) is 0 Å². The molecule has 0 bridgehead atoms. The van der Waals surface area contributed by atoms with E-state index in [0.29, 0.717) is 22.5 Å². The second kappa shape index (κ2) is 7.88. The molecular formula is C20H20N4O4S. The number of amides is 2. The van der Waals surface area contributed by atoms with Crippen LogP contribution in [-0.2, 0) is 4.74 Å². The summed E-state index contributed by atoms with van der Waals surface area (Å²) in [6.07, 6.45) is 0. The van der Waals surface area contributed by atoms with Gasteiger partial charge in [-0.2, -0.15) is 5.10 Å². The number of methoxy groups -OCH3 is 1. The van der Waals surface area contributed by atoms with Crippen LogP contribution >= 0.6 is 11.3 Å². The number of rotatable bonds is 5. The molecule has 9 heteroatoms. The minimum absolute atomic E-state index is 0.116. The standard InChI is InChI=1S/C20H20N4O4S/c1-10-14(20(27)28-4)19(29-16(10)17(21)25)22-18(26)15-11(2)23-24(12(15)3)13-8-6-5-7-9-13/h5-9H,1-4H3,(H2,21,25)(H,22,26). The lowest BCUT2D eigenvalue weighted by molar-refractivity contribution is 0.0601. The number of thiophene rings is 1. The molecule has 1 aromatic carbocycles. The van der Waals surface area contributed by atoms with Gasteiger partial charge in [0.25, 0.3) is 11.8 Å². The van der Waals surface area contributed by atoms with E-state index in [-0.39, 0.29) is 15.4 Å². The maximum atomic E-state index is 13.0. The number of carbonyl (C=O) groups is 3. The van der Waals surface area contributed by atoms with Crippen LogP contribution in [0.3, 0.4) is 0 Å². The molecule has 2 amide bonds. The van der Waals surface area contributed by atoms with E-state index in [2.05, 4.69) is 10.4 Å². The lowest BCUT2D eigenvalue weighted by atomic mass is 10.1. The van der Waals surface area contributed by atoms with Crippen LogP contribution in [0.25, 0.3) is 5.69 Å². The number of primary amides is 1. The predicted molar refractivity (Wildman–Crippen MR) is 110 cm³/mol. The third-order valence-electron chi connectivity index (χ3n) is 4.51. The molecule has 0 saturated carbocycles. The van der Waals surface area contributed by atoms with Gasteiger partial charge in [0.15, 0.2) is 0 Å². The largest absolute Gasteiger partial charge is 0.465 e. The summed E-state index contributed by atoms with van der Waals surface area (Å²) < 4.78 is 6.48. The maximum Gasteiger partial charge on any atom is 0.341 e. The molecular weight excluding hydrogens is 392 g/mol. The van der Waals surface area contributed by atoms with E-state index in [1.165, 1.54) is 7.11 Å². The van der Waals surface area contributed by atoms with Gasteiger partial charge in [0.2, 0.25) is 0 Å². The van der Waals surface area contributed by atoms with Gasteiger partial charge in [-0.05, 0) is 38.5 Å². The summed E-state index contributed by atoms with van der Waals surface area (Å²) in [4.78, 5) is 37.1. The average molecular weight is 412 g/mol. The SMILES string of the molecule is COC(=O)c1c(NC(=O)c2c(C)nn(-c3ccccc3)c2C)sc(C(N)=O)c1C. The van der Waals surface area contributed by atoms with Crippen molar-refractivity contribution in [1.29, 1.82) is 0 Å². The van der Waals surface area contributed by atoms with Crippen molar-refractivity contribution in [2.75, 3.05) is 12.4 Å². The topological polar surface area (TPSA) is 116 Å². The Morgan fingerprint density at radius 3 is 2.34 bits per heavy atom. The van der Waals surface area contributed by atoms with Crippen molar-refractivity contribution in [3.05, 3.63) is 63.3 Å². The zero-order valence-electron chi connectivity index (χ0n) is 16.4. The highest BCUT2D eigenvalue weighted by Crippen LogP contribution is 2.34. The van der Waals surface area contributed by atoms with Crippen molar-refractivity contribution < 1.29 is 19.1 Å². The van der Waals surface area contributed by atoms with Crippen LogP contribution in [-0.4, -0.2) is 34.7 Å². The number of nitrogens with two attached hydrogens (primary N) is 1. The zero-order valence-corrected chi connectivity index (χ0v) is 17.2. The molecule has 2 aromatic heterocycles. The van der Waals surface area contributed by atoms with E-state index in [0.717, 1.165) is 17.0 Å². The molecule has 0 saturated heterocycles. The number of nitrogens with one attached hydrogen (secondary N) is 1. The summed E-state index contributed by atoms with van der Waals surface area (Å²) in [5, 5.41) is 7.39. The highest BCUT2D eigenvalue weighted by molar-refractivity contribution is 7.18. The monoisotopic (exact) mass is 412 g/mol. The molecule has 0 radical (unpaired) electrons. The smallest absolute Gasteiger partial charge is 0.341 e. The molecule has 29 heavy (non-hydrogen) atoms. The fraction of sp³-hybridized carbons (Fsp3) is 0.200. The first-order valence-electron chi connectivity index (χ1n) is 8.70. The van der Waals surface area contributed by atoms with Crippen molar-refractivity contribution in [3.8, 4) is 5.69 Å². The minimum atomic E-state index is -0.678. The van der Waals surface area contributed by atoms with E-state index in [9.17, 15) is 14.4 Å². The number of hydrogen-bond acceptors (Lipinski definition) is 6. The van der Waals surface area contributed by atoms with Crippen molar-refractivity contribution in [3.63, 3.8) is 0 Å². The highest BCUT2D eigenvalue weighted by Gasteiger charge is 2.27. The van der Waals surface area contributed by atoms with Crippen LogP contribution in [0.2, 0.25) is 0 Å². The summed E-state index contributed by atoms with van der Waals surface area (Å²) in [5.74, 6) is -1.78. The van der Waals surface area contributed by atoms with E-state index in [4.69, 9.17) is 10.5 Å². The van der Waals surface area contributed by atoms with Gasteiger partial charge < -0.3 is 15.8 Å². The number of nitrogens with zero attached hydrogens (tertiary/aromatic N) is 2. The summed E-state index contributed by atoms with van der Waals surface area (Å²) in [6, 6.07) is 9.44. The molecule has 0 unspecified atom stereocenters. The highest BCUT2D eigenvalue weighted by atomic mass is 32.1. The Labute approximate surface area is 171 Å². The Hall–Kier alpha value is -3.46. The van der Waals surface area contributed by atoms with Crippen LogP contribution in [0.4, 0.5) is 5.00 Å². The van der Waals surface area contributed by atoms with Gasteiger partial charge in [-0.1, -0.05) is 18.2 Å². The normalized spacial score (nSPS) is 10.6. The zero-order chi connectivity index (χ0) is 21.3. The van der Waals surface area contributed by atoms with Gasteiger partial charge in [-0.3, -0.25) is 9.59 Å². The number of para-hydroxylation sites is 1. The first-order chi connectivity index (χ1) is 13.8. The molecule has 3 rings (SSSR count). The molecule has 2 heterocycles. The van der Waals surface area contributed by atoms with Gasteiger partial charge in [-0.25, -0.2) is 9.48 Å². The lowest BCUT2D eigenvalue weighted by Gasteiger charge is -2.07. The molecule has 3 aromatic rings. The third kappa shape index (κ3) is 3.64. The first kappa shape index (κ1) is 20.3. The molecule has 3 N–H and O–H groups in total. The predicted octanol–water partition coefficient (Wildman–Crippen LogP) is 3.00. The van der Waals surface area contributed by atoms with Crippen LogP contribution in [0.15, 0.2) is 30.3 Å². The number of ether oxygens (including phenoxy) is 1. The van der Waals surface area contributed by atoms with Crippen molar-refractivity contribution in [2.45, 2.75) is 20.8 Å². The molecule has 0 aliphatic heterocycles. The average Bonchev–Trinajstić information content (AvgIpc) is 3.17. The van der Waals surface area contributed by atoms with E-state index < -0.39 is 17.8 Å². The van der Waals surface area contributed by atoms with Crippen molar-refractivity contribution in [2.24, 2.45) is 5.73 Å². The number of anilines is 1. The summed E-state index contributed by atoms with van der Waals surface area (Å²) in [6.45, 7) is 5.11. The fourth-order valence-corrected chi connectivity index (χ4v) is 4.18. The van der Waals surface area contributed by atoms with Gasteiger partial charge in [0.05, 0.1) is 40.2 Å². The lowest BCUT2D eigenvalue weighted by Crippen LogP contribution is -2.16. The molecule has 0 aliphatic rings. The second-order valence-electron chi connectivity index (χ2n) is 6.36. The quantitative estimate of drug-likeness (QED) is 0.625. The number of aryl methyl sites for hydroxylation is 1. The van der Waals surface area contributed by atoms with Crippen LogP contribution < -0.4 is 11.1 Å². The molecule has 0 atom stereocenters. The maximum absolute atomic E-state index is 13.0. The number of carbonyl (C=O) groups excluding carboxylic acids is 3. The Morgan fingerprint density at radius 1 is 1.10 bits per heavy atom.